The molecule has 3 aliphatic rings. The van der Waals surface area contributed by atoms with Crippen molar-refractivity contribution in [2.45, 2.75) is 5.41 Å². The summed E-state index contributed by atoms with van der Waals surface area (Å²) in [6, 6.07) is 66.5. The Hall–Kier alpha value is -6.90. The molecule has 3 aliphatic carbocycles. The molecule has 0 saturated carbocycles. The van der Waals surface area contributed by atoms with Gasteiger partial charge < -0.3 is 0 Å². The van der Waals surface area contributed by atoms with Gasteiger partial charge in [0, 0.05) is 16.7 Å². The minimum absolute atomic E-state index is 0.496. The molecular weight excluding hydrogens is 641 g/mol. The Morgan fingerprint density at radius 1 is 0.321 bits per heavy atom. The van der Waals surface area contributed by atoms with E-state index in [1.165, 1.54) is 77.5 Å². The first-order valence-corrected chi connectivity index (χ1v) is 18.3. The number of fused-ring (bicyclic) bond motifs is 14. The Morgan fingerprint density at radius 2 is 0.887 bits per heavy atom. The van der Waals surface area contributed by atoms with Crippen LogP contribution in [0.2, 0.25) is 0 Å². The van der Waals surface area contributed by atoms with Crippen molar-refractivity contribution >= 4 is 10.8 Å². The van der Waals surface area contributed by atoms with Gasteiger partial charge in [-0.15, -0.1) is 0 Å². The molecule has 0 fully saturated rings. The van der Waals surface area contributed by atoms with Crippen molar-refractivity contribution in [2.24, 2.45) is 0 Å². The van der Waals surface area contributed by atoms with Gasteiger partial charge in [0.05, 0.1) is 16.8 Å². The third-order valence-corrected chi connectivity index (χ3v) is 11.8. The molecule has 1 aromatic heterocycles. The predicted molar refractivity (Wildman–Crippen MR) is 217 cm³/mol. The molecule has 0 aliphatic heterocycles. The van der Waals surface area contributed by atoms with Crippen molar-refractivity contribution in [3.05, 3.63) is 204 Å². The first-order chi connectivity index (χ1) is 26.3. The molecule has 53 heavy (non-hydrogen) atoms. The van der Waals surface area contributed by atoms with Gasteiger partial charge in [0.25, 0.3) is 0 Å². The van der Waals surface area contributed by atoms with Crippen molar-refractivity contribution in [3.8, 4) is 78.4 Å². The Bertz CT molecular complexity index is 2940. The summed E-state index contributed by atoms with van der Waals surface area (Å²) in [5, 5.41) is 2.69. The molecule has 1 spiro atoms. The Kier molecular flexibility index (Phi) is 5.73. The van der Waals surface area contributed by atoms with Crippen LogP contribution >= 0.6 is 0 Å². The maximum absolute atomic E-state index is 5.27. The molecule has 1 unspecified atom stereocenters. The van der Waals surface area contributed by atoms with E-state index < -0.39 is 5.41 Å². The lowest BCUT2D eigenvalue weighted by atomic mass is 9.69. The van der Waals surface area contributed by atoms with Gasteiger partial charge in [-0.1, -0.05) is 164 Å². The molecule has 2 heteroatoms. The highest BCUT2D eigenvalue weighted by atomic mass is 14.9. The summed E-state index contributed by atoms with van der Waals surface area (Å²) in [5.74, 6) is 0.723. The topological polar surface area (TPSA) is 25.8 Å². The van der Waals surface area contributed by atoms with E-state index >= 15 is 0 Å². The Balaban J connectivity index is 1.17. The Morgan fingerprint density at radius 3 is 1.64 bits per heavy atom. The van der Waals surface area contributed by atoms with Crippen LogP contribution in [-0.4, -0.2) is 9.97 Å². The van der Waals surface area contributed by atoms with Gasteiger partial charge in [-0.05, 0) is 95.7 Å². The first-order valence-electron chi connectivity index (χ1n) is 18.3. The average molecular weight is 671 g/mol. The number of hydrogen-bond acceptors (Lipinski definition) is 2. The highest BCUT2D eigenvalue weighted by Crippen LogP contribution is 2.65. The summed E-state index contributed by atoms with van der Waals surface area (Å²) in [5.41, 5.74) is 20.3. The zero-order valence-corrected chi connectivity index (χ0v) is 28.7. The molecule has 8 aromatic carbocycles. The summed E-state index contributed by atoms with van der Waals surface area (Å²) in [4.78, 5) is 10.4. The van der Waals surface area contributed by atoms with Gasteiger partial charge in [-0.25, -0.2) is 9.97 Å². The molecule has 1 atom stereocenters. The smallest absolute Gasteiger partial charge is 0.160 e. The van der Waals surface area contributed by atoms with Crippen LogP contribution in [0.4, 0.5) is 0 Å². The lowest BCUT2D eigenvalue weighted by Crippen LogP contribution is -2.26. The van der Waals surface area contributed by atoms with Crippen LogP contribution in [0, 0.1) is 0 Å². The molecule has 0 bridgehead atoms. The van der Waals surface area contributed by atoms with E-state index in [4.69, 9.17) is 9.97 Å². The zero-order valence-electron chi connectivity index (χ0n) is 28.7. The van der Waals surface area contributed by atoms with E-state index in [0.29, 0.717) is 0 Å². The Labute approximate surface area is 307 Å². The number of aromatic nitrogens is 2. The minimum atomic E-state index is -0.496. The van der Waals surface area contributed by atoms with Crippen LogP contribution in [0.15, 0.2) is 182 Å². The van der Waals surface area contributed by atoms with Gasteiger partial charge in [0.15, 0.2) is 5.82 Å². The summed E-state index contributed by atoms with van der Waals surface area (Å²) in [7, 11) is 0. The normalized spacial score (nSPS) is 15.2. The van der Waals surface area contributed by atoms with Crippen LogP contribution in [0.1, 0.15) is 22.3 Å². The van der Waals surface area contributed by atoms with Gasteiger partial charge in [0.1, 0.15) is 0 Å². The molecule has 0 radical (unpaired) electrons. The number of nitrogens with zero attached hydrogens (tertiary/aromatic N) is 2. The van der Waals surface area contributed by atoms with Gasteiger partial charge >= 0.3 is 0 Å². The first kappa shape index (κ1) is 28.8. The fourth-order valence-electron chi connectivity index (χ4n) is 9.72. The number of benzene rings is 8. The van der Waals surface area contributed by atoms with Crippen molar-refractivity contribution in [1.29, 1.82) is 0 Å². The quantitative estimate of drug-likeness (QED) is 0.187. The van der Waals surface area contributed by atoms with E-state index in [1.807, 2.05) is 12.1 Å². The average Bonchev–Trinajstić information content (AvgIpc) is 3.84. The molecule has 2 nitrogen and oxygen atoms in total. The molecular formula is C51H30N2. The van der Waals surface area contributed by atoms with Crippen molar-refractivity contribution in [2.75, 3.05) is 0 Å². The van der Waals surface area contributed by atoms with E-state index in [-0.39, 0.29) is 0 Å². The molecule has 244 valence electrons. The summed E-state index contributed by atoms with van der Waals surface area (Å²) in [6.07, 6.45) is 0. The molecule has 0 amide bonds. The zero-order chi connectivity index (χ0) is 34.7. The third-order valence-electron chi connectivity index (χ3n) is 11.8. The molecule has 1 heterocycles. The highest BCUT2D eigenvalue weighted by molar-refractivity contribution is 6.21. The monoisotopic (exact) mass is 670 g/mol. The maximum Gasteiger partial charge on any atom is 0.160 e. The van der Waals surface area contributed by atoms with Gasteiger partial charge in [-0.3, -0.25) is 0 Å². The van der Waals surface area contributed by atoms with Crippen molar-refractivity contribution < 1.29 is 0 Å². The van der Waals surface area contributed by atoms with Crippen LogP contribution < -0.4 is 0 Å². The van der Waals surface area contributed by atoms with Gasteiger partial charge in [0.2, 0.25) is 0 Å². The maximum atomic E-state index is 5.27. The third kappa shape index (κ3) is 3.77. The highest BCUT2D eigenvalue weighted by Gasteiger charge is 2.52. The molecule has 0 saturated heterocycles. The molecule has 0 N–H and O–H groups in total. The standard InChI is InChI=1S/C51H30N2/c1-3-14-31(15-4-1)46-30-47(53-50(52-46)32-16-5-2-6-17-32)33-26-27-37-36-20-9-11-24-42(36)51(44(37)28-33)43-25-12-10-21-39(43)49-40-23-13-22-38-34-18-7-8-19-35(34)41(48(38)40)29-45(49)51/h1-30H. The van der Waals surface area contributed by atoms with Crippen molar-refractivity contribution in [1.82, 2.24) is 9.97 Å². The summed E-state index contributed by atoms with van der Waals surface area (Å²) in [6.45, 7) is 0. The second-order valence-electron chi connectivity index (χ2n) is 14.4. The largest absolute Gasteiger partial charge is 0.228 e. The fourth-order valence-corrected chi connectivity index (χ4v) is 9.72. The summed E-state index contributed by atoms with van der Waals surface area (Å²) < 4.78 is 0. The second kappa shape index (κ2) is 10.6. The van der Waals surface area contributed by atoms with Crippen LogP contribution in [0.3, 0.4) is 0 Å². The SMILES string of the molecule is c1ccc(-c2cc(-c3ccc4c(c3)C3(c5ccccc5-4)c4ccccc4-c4c3cc3c5c(cccc45)-c4ccccc4-3)nc(-c3ccccc3)n2)cc1. The van der Waals surface area contributed by atoms with Crippen molar-refractivity contribution in [3.63, 3.8) is 0 Å². The van der Waals surface area contributed by atoms with Crippen LogP contribution in [0.25, 0.3) is 89.2 Å². The van der Waals surface area contributed by atoms with E-state index in [1.54, 1.807) is 0 Å². The number of rotatable bonds is 3. The lowest BCUT2D eigenvalue weighted by molar-refractivity contribution is 0.795. The van der Waals surface area contributed by atoms with Crippen LogP contribution in [0.5, 0.6) is 0 Å². The van der Waals surface area contributed by atoms with E-state index in [2.05, 4.69) is 170 Å². The molecule has 12 rings (SSSR count). The van der Waals surface area contributed by atoms with E-state index in [9.17, 15) is 0 Å². The predicted octanol–water partition coefficient (Wildman–Crippen LogP) is 12.6. The number of hydrogen-bond donors (Lipinski definition) is 0. The summed E-state index contributed by atoms with van der Waals surface area (Å²) >= 11 is 0. The molecule has 9 aromatic rings. The second-order valence-corrected chi connectivity index (χ2v) is 14.4. The minimum Gasteiger partial charge on any atom is -0.228 e. The van der Waals surface area contributed by atoms with Gasteiger partial charge in [-0.2, -0.15) is 0 Å². The van der Waals surface area contributed by atoms with Crippen LogP contribution in [-0.2, 0) is 5.41 Å². The lowest BCUT2D eigenvalue weighted by Gasteiger charge is -2.31. The van der Waals surface area contributed by atoms with E-state index in [0.717, 1.165) is 33.9 Å². The fraction of sp³-hybridized carbons (Fsp3) is 0.0196.